The largest absolute Gasteiger partial charge is 0.481 e. The van der Waals surface area contributed by atoms with Gasteiger partial charge in [0.25, 0.3) is 0 Å². The molecule has 0 unspecified atom stereocenters. The first kappa shape index (κ1) is 65.5. The summed E-state index contributed by atoms with van der Waals surface area (Å²) < 4.78 is 0. The van der Waals surface area contributed by atoms with E-state index in [1.54, 1.807) is 13.8 Å². The Labute approximate surface area is 441 Å². The highest BCUT2D eigenvalue weighted by Gasteiger charge is 2.41. The minimum absolute atomic E-state index is 0.0299. The summed E-state index contributed by atoms with van der Waals surface area (Å²) in [5, 5.41) is 66.3. The Hall–Kier alpha value is -7.58. The molecule has 2 rings (SSSR count). The van der Waals surface area contributed by atoms with Gasteiger partial charge in [-0.25, -0.2) is 0 Å². The quantitative estimate of drug-likeness (QED) is 0.0297. The molecule has 432 valence electrons. The van der Waals surface area contributed by atoms with Gasteiger partial charge in [-0.1, -0.05) is 13.8 Å². The second-order valence-electron chi connectivity index (χ2n) is 18.9. The van der Waals surface area contributed by atoms with E-state index < -0.39 is 201 Å². The zero-order valence-corrected chi connectivity index (χ0v) is 43.1. The number of aliphatic hydroxyl groups excluding tert-OH is 3. The molecule has 2 saturated heterocycles. The number of carboxylic acids is 2. The number of nitrogens with two attached hydrogens (primary N) is 3. The Bertz CT molecular complexity index is 2200. The van der Waals surface area contributed by atoms with Crippen molar-refractivity contribution < 1.29 is 92.7 Å². The molecule has 32 heteroatoms. The number of carbonyl (C=O) groups is 14. The molecule has 0 aromatic rings. The van der Waals surface area contributed by atoms with Crippen molar-refractivity contribution in [2.45, 2.75) is 158 Å². The molecule has 0 aromatic heterocycles. The molecule has 0 aromatic carbocycles. The summed E-state index contributed by atoms with van der Waals surface area (Å²) in [6, 6.07) is -16.8. The number of carbonyl (C=O) groups excluding carboxylic acids is 12. The van der Waals surface area contributed by atoms with Crippen LogP contribution in [0.25, 0.3) is 0 Å². The van der Waals surface area contributed by atoms with Gasteiger partial charge in [-0.15, -0.1) is 0 Å². The van der Waals surface area contributed by atoms with Crippen LogP contribution in [-0.2, 0) is 67.1 Å². The molecule has 0 spiro atoms. The van der Waals surface area contributed by atoms with Crippen molar-refractivity contribution in [3.8, 4) is 0 Å². The minimum Gasteiger partial charge on any atom is -0.481 e. The van der Waals surface area contributed by atoms with Crippen molar-refractivity contribution in [2.75, 3.05) is 32.9 Å². The van der Waals surface area contributed by atoms with Crippen LogP contribution < -0.4 is 59.7 Å². The molecule has 2 aliphatic heterocycles. The average molecular weight is 1100 g/mol. The Morgan fingerprint density at radius 1 is 0.494 bits per heavy atom. The number of nitrogens with one attached hydrogen (secondary N) is 8. The fraction of sp³-hybridized carbons (Fsp3) is 0.689. The van der Waals surface area contributed by atoms with Crippen LogP contribution in [0, 0.1) is 5.92 Å². The van der Waals surface area contributed by atoms with Crippen LogP contribution in [0.1, 0.15) is 91.9 Å². The highest BCUT2D eigenvalue weighted by atomic mass is 16.4. The smallest absolute Gasteiger partial charge is 0.305 e. The third-order valence-corrected chi connectivity index (χ3v) is 12.3. The number of aliphatic carboxylic acids is 2. The number of rotatable bonds is 32. The van der Waals surface area contributed by atoms with Crippen LogP contribution >= 0.6 is 0 Å². The van der Waals surface area contributed by atoms with E-state index >= 15 is 0 Å². The van der Waals surface area contributed by atoms with Gasteiger partial charge in [0, 0.05) is 25.9 Å². The molecule has 0 radical (unpaired) electrons. The van der Waals surface area contributed by atoms with E-state index in [1.165, 1.54) is 0 Å². The maximum atomic E-state index is 13.7. The van der Waals surface area contributed by atoms with E-state index in [0.29, 0.717) is 12.8 Å². The van der Waals surface area contributed by atoms with Crippen LogP contribution in [-0.4, -0.2) is 218 Å². The molecule has 32 nitrogen and oxygen atoms in total. The number of primary amides is 2. The fourth-order valence-electron chi connectivity index (χ4n) is 8.10. The molecule has 0 aliphatic carbocycles. The van der Waals surface area contributed by atoms with Crippen molar-refractivity contribution in [1.29, 1.82) is 0 Å². The molecule has 2 aliphatic rings. The van der Waals surface area contributed by atoms with Crippen LogP contribution in [0.2, 0.25) is 0 Å². The van der Waals surface area contributed by atoms with Gasteiger partial charge in [0.1, 0.15) is 66.5 Å². The molecular formula is C45H73N13O19. The maximum Gasteiger partial charge on any atom is 0.305 e. The highest BCUT2D eigenvalue weighted by molar-refractivity contribution is 6.00. The second-order valence-corrected chi connectivity index (χ2v) is 18.9. The number of nitrogens with zero attached hydrogens (tertiary/aromatic N) is 2. The van der Waals surface area contributed by atoms with Crippen molar-refractivity contribution in [1.82, 2.24) is 52.3 Å². The summed E-state index contributed by atoms with van der Waals surface area (Å²) in [6.45, 7) is 3.31. The molecule has 19 N–H and O–H groups in total. The van der Waals surface area contributed by atoms with Crippen LogP contribution in [0.4, 0.5) is 0 Å². The third kappa shape index (κ3) is 20.8. The fourth-order valence-corrected chi connectivity index (χ4v) is 8.10. The Kier molecular flexibility index (Phi) is 26.8. The Morgan fingerprint density at radius 2 is 0.909 bits per heavy atom. The van der Waals surface area contributed by atoms with Gasteiger partial charge in [0.2, 0.25) is 70.9 Å². The van der Waals surface area contributed by atoms with E-state index in [0.717, 1.165) is 23.6 Å². The van der Waals surface area contributed by atoms with E-state index in [9.17, 15) is 92.7 Å². The number of likely N-dealkylation sites (tertiary alicyclic amines) is 2. The normalized spacial score (nSPS) is 18.6. The summed E-state index contributed by atoms with van der Waals surface area (Å²) in [6.07, 6.45) is -2.55. The number of hydrogen-bond donors (Lipinski definition) is 16. The molecule has 0 saturated carbocycles. The Morgan fingerprint density at radius 3 is 1.35 bits per heavy atom. The van der Waals surface area contributed by atoms with Gasteiger partial charge >= 0.3 is 11.9 Å². The lowest BCUT2D eigenvalue weighted by Gasteiger charge is -2.30. The summed E-state index contributed by atoms with van der Waals surface area (Å²) in [5.41, 5.74) is 16.3. The number of aliphatic hydroxyl groups is 3. The van der Waals surface area contributed by atoms with E-state index in [1.807, 2.05) is 0 Å². The standard InChI is InChI=1S/C45H73N13O19/c1-20(2)15-26(35(48)67)53-42(74)31-8-6-14-58(31)45(77)29(19-61)56-37(69)22(4)49-38(70)25(10-12-33(63)64)52-40(72)27(16-34(65)66)54-39(71)24(9-11-32(47)62)51-36(68)21(3)50-41(73)28(18-60)55-43(75)30-7-5-13-57(30)44(76)23(46)17-59/h20-31,59-61H,5-19,46H2,1-4H3,(H2,47,62)(H2,48,67)(H,49,70)(H,50,73)(H,51,68)(H,52,72)(H,53,74)(H,54,71)(H,55,75)(H,56,69)(H,63,64)(H,65,66)/t21-,22-,23-,24-,25-,26-,27-,28-,29-,30-,31-/m0/s1. The zero-order chi connectivity index (χ0) is 58.4. The van der Waals surface area contributed by atoms with Crippen molar-refractivity contribution in [3.05, 3.63) is 0 Å². The van der Waals surface area contributed by atoms with Crippen LogP contribution in [0.15, 0.2) is 0 Å². The van der Waals surface area contributed by atoms with Gasteiger partial charge < -0.3 is 95.1 Å². The Balaban J connectivity index is 2.21. The summed E-state index contributed by atoms with van der Waals surface area (Å²) in [4.78, 5) is 183. The third-order valence-electron chi connectivity index (χ3n) is 12.3. The first-order valence-corrected chi connectivity index (χ1v) is 24.7. The van der Waals surface area contributed by atoms with Crippen LogP contribution in [0.5, 0.6) is 0 Å². The lowest BCUT2D eigenvalue weighted by Crippen LogP contribution is -2.60. The van der Waals surface area contributed by atoms with E-state index in [-0.39, 0.29) is 38.3 Å². The molecular weight excluding hydrogens is 1030 g/mol. The molecule has 11 atom stereocenters. The lowest BCUT2D eigenvalue weighted by molar-refractivity contribution is -0.143. The number of hydrogen-bond acceptors (Lipinski definition) is 18. The van der Waals surface area contributed by atoms with Gasteiger partial charge in [0.15, 0.2) is 0 Å². The lowest BCUT2D eigenvalue weighted by atomic mass is 10.0. The predicted octanol–water partition coefficient (Wildman–Crippen LogP) is -8.67. The molecule has 2 fully saturated rings. The molecule has 2 heterocycles. The first-order valence-electron chi connectivity index (χ1n) is 24.7. The maximum absolute atomic E-state index is 13.7. The zero-order valence-electron chi connectivity index (χ0n) is 43.1. The van der Waals surface area contributed by atoms with Gasteiger partial charge in [-0.2, -0.15) is 0 Å². The molecule has 0 bridgehead atoms. The van der Waals surface area contributed by atoms with Gasteiger partial charge in [-0.3, -0.25) is 67.1 Å². The topological polar surface area (TPSA) is 521 Å². The molecule has 77 heavy (non-hydrogen) atoms. The summed E-state index contributed by atoms with van der Waals surface area (Å²) >= 11 is 0. The first-order chi connectivity index (χ1) is 36.1. The van der Waals surface area contributed by atoms with Crippen molar-refractivity contribution in [2.24, 2.45) is 23.1 Å². The highest BCUT2D eigenvalue weighted by Crippen LogP contribution is 2.21. The minimum atomic E-state index is -2.09. The summed E-state index contributed by atoms with van der Waals surface area (Å²) in [5.74, 6) is -15.4. The monoisotopic (exact) mass is 1100 g/mol. The van der Waals surface area contributed by atoms with Crippen LogP contribution in [0.3, 0.4) is 0 Å². The van der Waals surface area contributed by atoms with Gasteiger partial charge in [-0.05, 0) is 64.7 Å². The second kappa shape index (κ2) is 31.5. The van der Waals surface area contributed by atoms with E-state index in [4.69, 9.17) is 17.2 Å². The summed E-state index contributed by atoms with van der Waals surface area (Å²) in [7, 11) is 0. The SMILES string of the molecule is CC(C)C[C@H](NC(=O)[C@@H]1CCCN1C(=O)[C@H](CO)NC(=O)[C@H](C)NC(=O)[C@H](CCC(=O)O)NC(=O)[C@H](CC(=O)O)NC(=O)[C@H](CCC(N)=O)NC(=O)[C@H](C)NC(=O)[C@H](CO)NC(=O)[C@@H]1CCCN1C(=O)[C@@H](N)CO)C(N)=O. The molecule has 12 amide bonds. The number of carboxylic acid groups (broad SMARTS) is 2. The van der Waals surface area contributed by atoms with E-state index in [2.05, 4.69) is 42.5 Å². The van der Waals surface area contributed by atoms with Gasteiger partial charge in [0.05, 0.1) is 26.2 Å². The predicted molar refractivity (Wildman–Crippen MR) is 262 cm³/mol. The van der Waals surface area contributed by atoms with Crippen molar-refractivity contribution >= 4 is 82.8 Å². The van der Waals surface area contributed by atoms with Crippen molar-refractivity contribution in [3.63, 3.8) is 0 Å². The number of amides is 12. The average Bonchev–Trinajstić information content (AvgIpc) is 4.07.